The molecule has 3 heterocycles. The van der Waals surface area contributed by atoms with Gasteiger partial charge in [0.25, 0.3) is 5.91 Å². The third-order valence-electron chi connectivity index (χ3n) is 4.63. The van der Waals surface area contributed by atoms with Crippen molar-refractivity contribution in [3.05, 3.63) is 17.5 Å². The van der Waals surface area contributed by atoms with Crippen LogP contribution in [0.15, 0.2) is 6.20 Å². The van der Waals surface area contributed by atoms with E-state index in [9.17, 15) is 9.59 Å². The number of urea groups is 1. The molecule has 23 heavy (non-hydrogen) atoms. The number of hydrogen-bond acceptors (Lipinski definition) is 3. The van der Waals surface area contributed by atoms with Gasteiger partial charge in [-0.25, -0.2) is 4.79 Å². The van der Waals surface area contributed by atoms with E-state index in [1.807, 2.05) is 9.80 Å². The number of likely N-dealkylation sites (tertiary alicyclic amines) is 1. The van der Waals surface area contributed by atoms with Gasteiger partial charge in [0.15, 0.2) is 0 Å². The lowest BCUT2D eigenvalue weighted by molar-refractivity contribution is 0.0632. The molecule has 2 saturated heterocycles. The monoisotopic (exact) mass is 319 g/mol. The third-order valence-corrected chi connectivity index (χ3v) is 4.63. The topological polar surface area (TPSA) is 81.3 Å². The minimum absolute atomic E-state index is 0.00739. The molecule has 1 aromatic heterocycles. The van der Waals surface area contributed by atoms with Gasteiger partial charge in [0, 0.05) is 31.6 Å². The molecule has 3 rings (SSSR count). The van der Waals surface area contributed by atoms with Gasteiger partial charge in [-0.05, 0) is 12.8 Å². The number of piperidine rings is 1. The highest BCUT2D eigenvalue weighted by atomic mass is 16.2. The predicted molar refractivity (Wildman–Crippen MR) is 86.3 cm³/mol. The van der Waals surface area contributed by atoms with Crippen LogP contribution in [0.25, 0.3) is 0 Å². The summed E-state index contributed by atoms with van der Waals surface area (Å²) in [5, 5.41) is 9.87. The Labute approximate surface area is 136 Å². The standard InChI is InChI=1S/C16H25N5O2/c1-16(2,3)13-12(9-18-19-13)14(22)20-7-4-5-11(10-20)21-8-6-17-15(21)23/h9,11H,4-8,10H2,1-3H3,(H,17,23)(H,18,19). The first kappa shape index (κ1) is 15.8. The molecule has 0 aliphatic carbocycles. The molecule has 2 aliphatic rings. The van der Waals surface area contributed by atoms with E-state index in [2.05, 4.69) is 36.3 Å². The average molecular weight is 319 g/mol. The van der Waals surface area contributed by atoms with E-state index in [1.165, 1.54) is 0 Å². The first-order chi connectivity index (χ1) is 10.9. The summed E-state index contributed by atoms with van der Waals surface area (Å²) in [5.41, 5.74) is 1.35. The van der Waals surface area contributed by atoms with Gasteiger partial charge < -0.3 is 15.1 Å². The van der Waals surface area contributed by atoms with Gasteiger partial charge in [-0.1, -0.05) is 20.8 Å². The van der Waals surface area contributed by atoms with Gasteiger partial charge in [-0.15, -0.1) is 0 Å². The molecule has 0 bridgehead atoms. The number of amides is 3. The molecule has 7 nitrogen and oxygen atoms in total. The van der Waals surface area contributed by atoms with Crippen molar-refractivity contribution in [2.75, 3.05) is 26.2 Å². The van der Waals surface area contributed by atoms with Gasteiger partial charge in [0.2, 0.25) is 0 Å². The van der Waals surface area contributed by atoms with E-state index < -0.39 is 0 Å². The van der Waals surface area contributed by atoms with Crippen molar-refractivity contribution in [2.45, 2.75) is 45.1 Å². The molecule has 2 N–H and O–H groups in total. The van der Waals surface area contributed by atoms with Crippen LogP contribution in [0, 0.1) is 0 Å². The lowest BCUT2D eigenvalue weighted by Gasteiger charge is -2.37. The zero-order valence-electron chi connectivity index (χ0n) is 14.1. The van der Waals surface area contributed by atoms with Crippen molar-refractivity contribution >= 4 is 11.9 Å². The highest BCUT2D eigenvalue weighted by Gasteiger charge is 2.34. The van der Waals surface area contributed by atoms with Gasteiger partial charge in [-0.2, -0.15) is 5.10 Å². The third kappa shape index (κ3) is 3.04. The van der Waals surface area contributed by atoms with Crippen LogP contribution in [0.3, 0.4) is 0 Å². The fraction of sp³-hybridized carbons (Fsp3) is 0.688. The van der Waals surface area contributed by atoms with E-state index in [1.54, 1.807) is 6.20 Å². The zero-order chi connectivity index (χ0) is 16.6. The molecule has 2 fully saturated rings. The molecular formula is C16H25N5O2. The van der Waals surface area contributed by atoms with Crippen molar-refractivity contribution in [3.8, 4) is 0 Å². The summed E-state index contributed by atoms with van der Waals surface area (Å²) >= 11 is 0. The maximum absolute atomic E-state index is 12.9. The number of aromatic nitrogens is 2. The van der Waals surface area contributed by atoms with Crippen molar-refractivity contribution < 1.29 is 9.59 Å². The number of aromatic amines is 1. The molecule has 3 amide bonds. The molecular weight excluding hydrogens is 294 g/mol. The molecule has 2 aliphatic heterocycles. The summed E-state index contributed by atoms with van der Waals surface area (Å²) in [6.07, 6.45) is 3.49. The normalized spacial score (nSPS) is 22.4. The first-order valence-electron chi connectivity index (χ1n) is 8.25. The first-order valence-corrected chi connectivity index (χ1v) is 8.25. The molecule has 7 heteroatoms. The van der Waals surface area contributed by atoms with Crippen LogP contribution in [0.2, 0.25) is 0 Å². The van der Waals surface area contributed by atoms with Crippen molar-refractivity contribution in [2.24, 2.45) is 0 Å². The molecule has 126 valence electrons. The van der Waals surface area contributed by atoms with Crippen LogP contribution in [0.1, 0.15) is 49.7 Å². The minimum atomic E-state index is -0.161. The fourth-order valence-electron chi connectivity index (χ4n) is 3.42. The largest absolute Gasteiger partial charge is 0.336 e. The number of carbonyl (C=O) groups is 2. The van der Waals surface area contributed by atoms with Crippen molar-refractivity contribution in [1.82, 2.24) is 25.3 Å². The second kappa shape index (κ2) is 5.86. The van der Waals surface area contributed by atoms with Crippen LogP contribution in [0.4, 0.5) is 4.79 Å². The van der Waals surface area contributed by atoms with E-state index >= 15 is 0 Å². The van der Waals surface area contributed by atoms with Crippen LogP contribution < -0.4 is 5.32 Å². The smallest absolute Gasteiger partial charge is 0.317 e. The molecule has 0 aromatic carbocycles. The number of rotatable bonds is 2. The summed E-state index contributed by atoms with van der Waals surface area (Å²) < 4.78 is 0. The summed E-state index contributed by atoms with van der Waals surface area (Å²) in [4.78, 5) is 28.5. The van der Waals surface area contributed by atoms with E-state index in [4.69, 9.17) is 0 Å². The Morgan fingerprint density at radius 3 is 2.78 bits per heavy atom. The molecule has 1 unspecified atom stereocenters. The summed E-state index contributed by atoms with van der Waals surface area (Å²) in [5.74, 6) is 0.00739. The van der Waals surface area contributed by atoms with Gasteiger partial charge >= 0.3 is 6.03 Å². The van der Waals surface area contributed by atoms with Crippen molar-refractivity contribution in [3.63, 3.8) is 0 Å². The quantitative estimate of drug-likeness (QED) is 0.863. The number of hydrogen-bond donors (Lipinski definition) is 2. The summed E-state index contributed by atoms with van der Waals surface area (Å²) in [6, 6.07) is 0.100. The fourth-order valence-corrected chi connectivity index (χ4v) is 3.42. The van der Waals surface area contributed by atoms with Crippen LogP contribution in [0.5, 0.6) is 0 Å². The van der Waals surface area contributed by atoms with Gasteiger partial charge in [-0.3, -0.25) is 9.89 Å². The SMILES string of the molecule is CC(C)(C)c1[nH]ncc1C(=O)N1CCCC(N2CCNC2=O)C1. The zero-order valence-corrected chi connectivity index (χ0v) is 14.1. The molecule has 1 atom stereocenters. The lowest BCUT2D eigenvalue weighted by atomic mass is 9.89. The lowest BCUT2D eigenvalue weighted by Crippen LogP contribution is -2.50. The molecule has 1 aromatic rings. The predicted octanol–water partition coefficient (Wildman–Crippen LogP) is 1.34. The highest BCUT2D eigenvalue weighted by Crippen LogP contribution is 2.26. The Balaban J connectivity index is 1.75. The Kier molecular flexibility index (Phi) is 4.04. The minimum Gasteiger partial charge on any atom is -0.336 e. The molecule has 0 spiro atoms. The van der Waals surface area contributed by atoms with E-state index in [0.29, 0.717) is 18.7 Å². The van der Waals surface area contributed by atoms with Crippen molar-refractivity contribution in [1.29, 1.82) is 0 Å². The Morgan fingerprint density at radius 1 is 1.35 bits per heavy atom. The maximum atomic E-state index is 12.9. The van der Waals surface area contributed by atoms with Crippen LogP contribution >= 0.6 is 0 Å². The Hall–Kier alpha value is -2.05. The average Bonchev–Trinajstić information content (AvgIpc) is 3.14. The van der Waals surface area contributed by atoms with Gasteiger partial charge in [0.05, 0.1) is 23.5 Å². The van der Waals surface area contributed by atoms with Crippen LogP contribution in [-0.2, 0) is 5.41 Å². The number of nitrogens with one attached hydrogen (secondary N) is 2. The van der Waals surface area contributed by atoms with E-state index in [-0.39, 0.29) is 23.4 Å². The maximum Gasteiger partial charge on any atom is 0.317 e. The van der Waals surface area contributed by atoms with E-state index in [0.717, 1.165) is 31.6 Å². The summed E-state index contributed by atoms with van der Waals surface area (Å²) in [6.45, 7) is 8.94. The number of H-pyrrole nitrogens is 1. The van der Waals surface area contributed by atoms with Crippen LogP contribution in [-0.4, -0.2) is 64.2 Å². The Morgan fingerprint density at radius 2 is 2.13 bits per heavy atom. The highest BCUT2D eigenvalue weighted by molar-refractivity contribution is 5.95. The molecule has 0 saturated carbocycles. The number of nitrogens with zero attached hydrogens (tertiary/aromatic N) is 3. The second-order valence-electron chi connectivity index (χ2n) is 7.38. The van der Waals surface area contributed by atoms with Gasteiger partial charge in [0.1, 0.15) is 0 Å². The number of carbonyl (C=O) groups excluding carboxylic acids is 2. The Bertz CT molecular complexity index is 604. The second-order valence-corrected chi connectivity index (χ2v) is 7.38. The molecule has 0 radical (unpaired) electrons. The summed E-state index contributed by atoms with van der Waals surface area (Å²) in [7, 11) is 0.